The first-order valence-corrected chi connectivity index (χ1v) is 9.40. The number of nitrogens with zero attached hydrogens (tertiary/aromatic N) is 1. The van der Waals surface area contributed by atoms with Gasteiger partial charge >= 0.3 is 5.97 Å². The van der Waals surface area contributed by atoms with Crippen LogP contribution < -0.4 is 0 Å². The van der Waals surface area contributed by atoms with Crippen LogP contribution in [-0.4, -0.2) is 39.4 Å². The Labute approximate surface area is 142 Å². The number of thioether (sulfide) groups is 1. The van der Waals surface area contributed by atoms with Crippen LogP contribution in [0.1, 0.15) is 24.0 Å². The van der Waals surface area contributed by atoms with Crippen molar-refractivity contribution in [3.8, 4) is 0 Å². The van der Waals surface area contributed by atoms with E-state index in [-0.39, 0.29) is 11.8 Å². The molecule has 0 bridgehead atoms. The van der Waals surface area contributed by atoms with E-state index in [0.717, 1.165) is 39.9 Å². The summed E-state index contributed by atoms with van der Waals surface area (Å²) in [6.45, 7) is 0.397. The van der Waals surface area contributed by atoms with E-state index < -0.39 is 12.0 Å². The van der Waals surface area contributed by atoms with Gasteiger partial charge in [0.05, 0.1) is 0 Å². The van der Waals surface area contributed by atoms with Crippen molar-refractivity contribution in [3.63, 3.8) is 0 Å². The molecule has 0 aliphatic carbocycles. The third kappa shape index (κ3) is 3.04. The summed E-state index contributed by atoms with van der Waals surface area (Å²) < 4.78 is 0.928. The molecule has 1 aromatic carbocycles. The van der Waals surface area contributed by atoms with Gasteiger partial charge in [-0.05, 0) is 41.5 Å². The Bertz CT molecular complexity index is 601. The first-order valence-electron chi connectivity index (χ1n) is 7.45. The van der Waals surface area contributed by atoms with E-state index in [1.54, 1.807) is 4.90 Å². The Morgan fingerprint density at radius 1 is 1.27 bits per heavy atom. The number of benzene rings is 1. The molecular formula is C16H18BrNO3S. The molecule has 1 aromatic rings. The van der Waals surface area contributed by atoms with Crippen LogP contribution >= 0.6 is 27.7 Å². The molecule has 2 aliphatic heterocycles. The second-order valence-electron chi connectivity index (χ2n) is 5.79. The quantitative estimate of drug-likeness (QED) is 0.852. The molecule has 2 heterocycles. The number of aliphatic carboxylic acids is 1. The van der Waals surface area contributed by atoms with Gasteiger partial charge in [-0.25, -0.2) is 4.79 Å². The van der Waals surface area contributed by atoms with Crippen molar-refractivity contribution in [2.24, 2.45) is 5.92 Å². The number of rotatable bonds is 2. The summed E-state index contributed by atoms with van der Waals surface area (Å²) in [7, 11) is 0. The fourth-order valence-electron chi connectivity index (χ4n) is 3.21. The number of hydrogen-bond acceptors (Lipinski definition) is 3. The number of hydrogen-bond donors (Lipinski definition) is 1. The van der Waals surface area contributed by atoms with Crippen molar-refractivity contribution < 1.29 is 14.7 Å². The van der Waals surface area contributed by atoms with Gasteiger partial charge < -0.3 is 10.0 Å². The van der Waals surface area contributed by atoms with Crippen LogP contribution in [0.2, 0.25) is 0 Å². The molecule has 0 spiro atoms. The maximum absolute atomic E-state index is 12.8. The standard InChI is InChI=1S/C16H18BrNO3S/c17-13-3-1-2-11-9-18(14(16(20)21)8-12(11)13)15(19)10-4-6-22-7-5-10/h1-3,10,14H,4-9H2,(H,20,21). The second-order valence-corrected chi connectivity index (χ2v) is 7.87. The Balaban J connectivity index is 1.88. The van der Waals surface area contributed by atoms with Gasteiger partial charge in [-0.3, -0.25) is 4.79 Å². The number of carboxylic acids is 1. The lowest BCUT2D eigenvalue weighted by molar-refractivity contribution is -0.153. The normalized spacial score (nSPS) is 22.2. The van der Waals surface area contributed by atoms with E-state index in [1.807, 2.05) is 30.0 Å². The van der Waals surface area contributed by atoms with Gasteiger partial charge in [-0.15, -0.1) is 0 Å². The molecule has 22 heavy (non-hydrogen) atoms. The topological polar surface area (TPSA) is 57.6 Å². The monoisotopic (exact) mass is 383 g/mol. The van der Waals surface area contributed by atoms with Crippen molar-refractivity contribution in [2.45, 2.75) is 31.8 Å². The summed E-state index contributed by atoms with van der Waals surface area (Å²) in [6, 6.07) is 5.08. The summed E-state index contributed by atoms with van der Waals surface area (Å²) in [5.41, 5.74) is 2.06. The molecule has 1 saturated heterocycles. The maximum Gasteiger partial charge on any atom is 0.326 e. The Kier molecular flexibility index (Phi) is 4.78. The number of carboxylic acid groups (broad SMARTS) is 1. The highest BCUT2D eigenvalue weighted by Crippen LogP contribution is 2.32. The van der Waals surface area contributed by atoms with Gasteiger partial charge in [0.25, 0.3) is 0 Å². The maximum atomic E-state index is 12.8. The highest BCUT2D eigenvalue weighted by Gasteiger charge is 2.38. The van der Waals surface area contributed by atoms with Crippen LogP contribution in [0.25, 0.3) is 0 Å². The molecule has 0 aromatic heterocycles. The summed E-state index contributed by atoms with van der Waals surface area (Å²) in [4.78, 5) is 26.0. The molecular weight excluding hydrogens is 366 g/mol. The lowest BCUT2D eigenvalue weighted by Crippen LogP contribution is -2.51. The number of carbonyl (C=O) groups excluding carboxylic acids is 1. The average molecular weight is 384 g/mol. The predicted molar refractivity (Wildman–Crippen MR) is 89.9 cm³/mol. The lowest BCUT2D eigenvalue weighted by atomic mass is 9.91. The zero-order valence-electron chi connectivity index (χ0n) is 12.1. The van der Waals surface area contributed by atoms with Crippen molar-refractivity contribution in [1.82, 2.24) is 4.90 Å². The van der Waals surface area contributed by atoms with Crippen LogP contribution in [0.4, 0.5) is 0 Å². The third-order valence-corrected chi connectivity index (χ3v) is 6.26. The SMILES string of the molecule is O=C(O)C1Cc2c(Br)cccc2CN1C(=O)C1CCSCC1. The molecule has 1 amide bonds. The number of carbonyl (C=O) groups is 2. The molecule has 0 saturated carbocycles. The molecule has 2 aliphatic rings. The predicted octanol–water partition coefficient (Wildman–Crippen LogP) is 2.93. The lowest BCUT2D eigenvalue weighted by Gasteiger charge is -2.37. The summed E-state index contributed by atoms with van der Waals surface area (Å²) in [6.07, 6.45) is 2.09. The van der Waals surface area contributed by atoms with E-state index >= 15 is 0 Å². The van der Waals surface area contributed by atoms with Crippen molar-refractivity contribution in [3.05, 3.63) is 33.8 Å². The molecule has 1 atom stereocenters. The van der Waals surface area contributed by atoms with E-state index in [9.17, 15) is 14.7 Å². The minimum Gasteiger partial charge on any atom is -0.480 e. The molecule has 1 unspecified atom stereocenters. The van der Waals surface area contributed by atoms with Gasteiger partial charge in [0.15, 0.2) is 0 Å². The molecule has 0 radical (unpaired) electrons. The van der Waals surface area contributed by atoms with Crippen molar-refractivity contribution >= 4 is 39.6 Å². The van der Waals surface area contributed by atoms with E-state index in [0.29, 0.717) is 13.0 Å². The summed E-state index contributed by atoms with van der Waals surface area (Å²) in [5, 5.41) is 9.56. The largest absolute Gasteiger partial charge is 0.480 e. The average Bonchev–Trinajstić information content (AvgIpc) is 2.54. The number of amides is 1. The van der Waals surface area contributed by atoms with Gasteiger partial charge in [0, 0.05) is 23.4 Å². The second kappa shape index (κ2) is 6.62. The molecule has 4 nitrogen and oxygen atoms in total. The highest BCUT2D eigenvalue weighted by molar-refractivity contribution is 9.10. The minimum atomic E-state index is -0.917. The van der Waals surface area contributed by atoms with Crippen LogP contribution in [0.5, 0.6) is 0 Å². The van der Waals surface area contributed by atoms with Crippen molar-refractivity contribution in [1.29, 1.82) is 0 Å². The fourth-order valence-corrected chi connectivity index (χ4v) is 4.88. The minimum absolute atomic E-state index is 0.0123. The molecule has 118 valence electrons. The summed E-state index contributed by atoms with van der Waals surface area (Å²) in [5.74, 6) is 1.06. The van der Waals surface area contributed by atoms with Gasteiger partial charge in [0.2, 0.25) is 5.91 Å². The molecule has 6 heteroatoms. The molecule has 1 N–H and O–H groups in total. The Morgan fingerprint density at radius 3 is 2.68 bits per heavy atom. The highest BCUT2D eigenvalue weighted by atomic mass is 79.9. The number of fused-ring (bicyclic) bond motifs is 1. The van der Waals surface area contributed by atoms with Gasteiger partial charge in [-0.1, -0.05) is 28.1 Å². The van der Waals surface area contributed by atoms with E-state index in [4.69, 9.17) is 0 Å². The van der Waals surface area contributed by atoms with Crippen LogP contribution in [0, 0.1) is 5.92 Å². The third-order valence-electron chi connectivity index (χ3n) is 4.47. The summed E-state index contributed by atoms with van der Waals surface area (Å²) >= 11 is 5.36. The first-order chi connectivity index (χ1) is 10.6. The zero-order chi connectivity index (χ0) is 15.7. The van der Waals surface area contributed by atoms with E-state index in [1.165, 1.54) is 0 Å². The fraction of sp³-hybridized carbons (Fsp3) is 0.500. The molecule has 1 fully saturated rings. The number of halogens is 1. The zero-order valence-corrected chi connectivity index (χ0v) is 14.5. The first kappa shape index (κ1) is 15.9. The van der Waals surface area contributed by atoms with Crippen molar-refractivity contribution in [2.75, 3.05) is 11.5 Å². The van der Waals surface area contributed by atoms with Crippen LogP contribution in [0.15, 0.2) is 22.7 Å². The Morgan fingerprint density at radius 2 is 2.00 bits per heavy atom. The van der Waals surface area contributed by atoms with Crippen LogP contribution in [0.3, 0.4) is 0 Å². The smallest absolute Gasteiger partial charge is 0.326 e. The van der Waals surface area contributed by atoms with E-state index in [2.05, 4.69) is 15.9 Å². The Hall–Kier alpha value is -1.01. The van der Waals surface area contributed by atoms with Gasteiger partial charge in [0.1, 0.15) is 6.04 Å². The van der Waals surface area contributed by atoms with Gasteiger partial charge in [-0.2, -0.15) is 11.8 Å². The molecule has 3 rings (SSSR count). The van der Waals surface area contributed by atoms with Crippen LogP contribution in [-0.2, 0) is 22.6 Å².